The molecule has 2 atom stereocenters. The lowest BCUT2D eigenvalue weighted by molar-refractivity contribution is -0.126. The third kappa shape index (κ3) is 2.41. The number of carbonyl (C=O) groups is 1. The lowest BCUT2D eigenvalue weighted by Crippen LogP contribution is -2.41. The Morgan fingerprint density at radius 1 is 1.43 bits per heavy atom. The van der Waals surface area contributed by atoms with Crippen molar-refractivity contribution in [1.82, 2.24) is 0 Å². The summed E-state index contributed by atoms with van der Waals surface area (Å²) in [6.45, 7) is 7.45. The van der Waals surface area contributed by atoms with Gasteiger partial charge >= 0.3 is 0 Å². The number of nitrogens with zero attached hydrogens (tertiary/aromatic N) is 2. The van der Waals surface area contributed by atoms with Crippen molar-refractivity contribution in [2.75, 3.05) is 4.90 Å². The summed E-state index contributed by atoms with van der Waals surface area (Å²) in [7, 11) is 0. The Kier molecular flexibility index (Phi) is 4.01. The second-order valence-electron chi connectivity index (χ2n) is 6.35. The number of benzene rings is 1. The Labute approximate surface area is 129 Å². The van der Waals surface area contributed by atoms with E-state index in [4.69, 9.17) is 16.9 Å². The number of carbonyl (C=O) groups excluding carboxylic acids is 1. The lowest BCUT2D eigenvalue weighted by Gasteiger charge is -2.29. The number of hydrogen-bond donors (Lipinski definition) is 1. The molecule has 0 aromatic heterocycles. The van der Waals surface area contributed by atoms with E-state index in [1.54, 1.807) is 36.9 Å². The molecule has 1 heterocycles. The molecule has 4 nitrogen and oxygen atoms in total. The van der Waals surface area contributed by atoms with Crippen LogP contribution in [0.2, 0.25) is 5.02 Å². The van der Waals surface area contributed by atoms with Gasteiger partial charge in [-0.1, -0.05) is 25.4 Å². The minimum Gasteiger partial charge on any atom is -0.390 e. The van der Waals surface area contributed by atoms with Gasteiger partial charge in [0.1, 0.15) is 6.07 Å². The fourth-order valence-electron chi connectivity index (χ4n) is 2.84. The molecule has 1 N–H and O–H groups in total. The zero-order chi connectivity index (χ0) is 15.9. The summed E-state index contributed by atoms with van der Waals surface area (Å²) in [4.78, 5) is 14.3. The van der Waals surface area contributed by atoms with Crippen LogP contribution in [0.25, 0.3) is 0 Å². The molecule has 0 unspecified atom stereocenters. The van der Waals surface area contributed by atoms with Crippen LogP contribution in [-0.4, -0.2) is 23.2 Å². The number of amides is 1. The molecule has 1 fully saturated rings. The van der Waals surface area contributed by atoms with Crippen molar-refractivity contribution in [3.8, 4) is 6.07 Å². The maximum absolute atomic E-state index is 12.7. The minimum atomic E-state index is -0.838. The molecule has 0 aliphatic carbocycles. The van der Waals surface area contributed by atoms with Crippen LogP contribution in [0.15, 0.2) is 18.2 Å². The van der Waals surface area contributed by atoms with Gasteiger partial charge in [0.25, 0.3) is 0 Å². The van der Waals surface area contributed by atoms with E-state index in [1.807, 2.05) is 19.9 Å². The first-order chi connectivity index (χ1) is 9.71. The van der Waals surface area contributed by atoms with E-state index in [1.165, 1.54) is 0 Å². The first kappa shape index (κ1) is 15.8. The summed E-state index contributed by atoms with van der Waals surface area (Å²) in [5, 5.41) is 19.8. The molecule has 0 bridgehead atoms. The average molecular weight is 307 g/mol. The molecule has 112 valence electrons. The number of aliphatic hydroxyl groups excluding tert-OH is 1. The molecule has 1 aliphatic heterocycles. The van der Waals surface area contributed by atoms with Crippen molar-refractivity contribution in [3.05, 3.63) is 28.8 Å². The summed E-state index contributed by atoms with van der Waals surface area (Å²) in [5.41, 5.74) is 0.148. The van der Waals surface area contributed by atoms with Gasteiger partial charge in [0.05, 0.1) is 28.1 Å². The number of nitriles is 1. The fraction of sp³-hybridized carbons (Fsp3) is 0.500. The van der Waals surface area contributed by atoms with Crippen molar-refractivity contribution in [2.45, 2.75) is 39.8 Å². The molecule has 21 heavy (non-hydrogen) atoms. The summed E-state index contributed by atoms with van der Waals surface area (Å²) in [6, 6.07) is 6.60. The highest BCUT2D eigenvalue weighted by atomic mass is 35.5. The second-order valence-corrected chi connectivity index (χ2v) is 6.76. The number of rotatable bonds is 2. The molecule has 1 saturated heterocycles. The van der Waals surface area contributed by atoms with Crippen LogP contribution in [0.4, 0.5) is 5.69 Å². The predicted octanol–water partition coefficient (Wildman–Crippen LogP) is 2.97. The first-order valence-electron chi connectivity index (χ1n) is 6.93. The zero-order valence-corrected chi connectivity index (χ0v) is 13.3. The van der Waals surface area contributed by atoms with E-state index in [0.717, 1.165) is 0 Å². The smallest absolute Gasteiger partial charge is 0.235 e. The van der Waals surface area contributed by atoms with Gasteiger partial charge in [0.2, 0.25) is 5.91 Å². The van der Waals surface area contributed by atoms with Gasteiger partial charge in [0, 0.05) is 5.69 Å². The predicted molar refractivity (Wildman–Crippen MR) is 82.1 cm³/mol. The average Bonchev–Trinajstić information content (AvgIpc) is 2.59. The fourth-order valence-corrected chi connectivity index (χ4v) is 3.05. The molecule has 0 radical (unpaired) electrons. The largest absolute Gasteiger partial charge is 0.390 e. The molecule has 1 aliphatic rings. The molecule has 1 aromatic carbocycles. The van der Waals surface area contributed by atoms with Crippen LogP contribution < -0.4 is 4.90 Å². The normalized spacial score (nSPS) is 24.5. The van der Waals surface area contributed by atoms with Gasteiger partial charge in [0.15, 0.2) is 0 Å². The van der Waals surface area contributed by atoms with Crippen LogP contribution in [0, 0.1) is 22.7 Å². The molecular formula is C16H19ClN2O2. The molecule has 0 saturated carbocycles. The molecule has 5 heteroatoms. The number of halogens is 1. The second kappa shape index (κ2) is 5.32. The number of hydrogen-bond acceptors (Lipinski definition) is 3. The van der Waals surface area contributed by atoms with Crippen molar-refractivity contribution >= 4 is 23.2 Å². The van der Waals surface area contributed by atoms with Gasteiger partial charge in [-0.15, -0.1) is 0 Å². The summed E-state index contributed by atoms with van der Waals surface area (Å²) in [6.07, 6.45) is -0.751. The van der Waals surface area contributed by atoms with E-state index in [9.17, 15) is 9.90 Å². The van der Waals surface area contributed by atoms with E-state index in [-0.39, 0.29) is 17.9 Å². The Morgan fingerprint density at radius 2 is 2.05 bits per heavy atom. The Balaban J connectivity index is 2.53. The van der Waals surface area contributed by atoms with Crippen molar-refractivity contribution in [3.63, 3.8) is 0 Å². The molecule has 0 spiro atoms. The van der Waals surface area contributed by atoms with E-state index >= 15 is 0 Å². The molecule has 1 aromatic rings. The summed E-state index contributed by atoms with van der Waals surface area (Å²) in [5.74, 6) is -0.0328. The molecule has 1 amide bonds. The highest BCUT2D eigenvalue weighted by Crippen LogP contribution is 2.42. The standard InChI is InChI=1S/C16H19ClN2O2/c1-9(2)13-14(20)16(3,4)15(21)19(13)11-6-5-10(8-18)12(17)7-11/h5-7,9,13-14,20H,1-4H3/t13-,14+/m1/s1. The highest BCUT2D eigenvalue weighted by molar-refractivity contribution is 6.32. The molecule has 2 rings (SSSR count). The Bertz CT molecular complexity index is 619. The number of aliphatic hydroxyl groups is 1. The summed E-state index contributed by atoms with van der Waals surface area (Å²) >= 11 is 6.07. The van der Waals surface area contributed by atoms with Gasteiger partial charge in [-0.25, -0.2) is 0 Å². The van der Waals surface area contributed by atoms with Crippen molar-refractivity contribution in [1.29, 1.82) is 5.26 Å². The third-order valence-electron chi connectivity index (χ3n) is 4.17. The number of anilines is 1. The van der Waals surface area contributed by atoms with Gasteiger partial charge in [-0.05, 0) is 38.0 Å². The van der Waals surface area contributed by atoms with Crippen LogP contribution in [0.3, 0.4) is 0 Å². The molecular weight excluding hydrogens is 288 g/mol. The van der Waals surface area contributed by atoms with Crippen LogP contribution >= 0.6 is 11.6 Å². The first-order valence-corrected chi connectivity index (χ1v) is 7.31. The summed E-state index contributed by atoms with van der Waals surface area (Å²) < 4.78 is 0. The van der Waals surface area contributed by atoms with Crippen molar-refractivity contribution < 1.29 is 9.90 Å². The lowest BCUT2D eigenvalue weighted by atomic mass is 9.84. The van der Waals surface area contributed by atoms with Crippen LogP contribution in [-0.2, 0) is 4.79 Å². The Morgan fingerprint density at radius 3 is 2.52 bits per heavy atom. The minimum absolute atomic E-state index is 0.0974. The van der Waals surface area contributed by atoms with Gasteiger partial charge in [-0.3, -0.25) is 4.79 Å². The maximum Gasteiger partial charge on any atom is 0.235 e. The third-order valence-corrected chi connectivity index (χ3v) is 4.48. The van der Waals surface area contributed by atoms with E-state index in [2.05, 4.69) is 0 Å². The zero-order valence-electron chi connectivity index (χ0n) is 12.6. The quantitative estimate of drug-likeness (QED) is 0.913. The van der Waals surface area contributed by atoms with E-state index < -0.39 is 11.5 Å². The topological polar surface area (TPSA) is 64.3 Å². The highest BCUT2D eigenvalue weighted by Gasteiger charge is 2.54. The maximum atomic E-state index is 12.7. The van der Waals surface area contributed by atoms with Crippen LogP contribution in [0.1, 0.15) is 33.3 Å². The monoisotopic (exact) mass is 306 g/mol. The van der Waals surface area contributed by atoms with Gasteiger partial charge in [-0.2, -0.15) is 5.26 Å². The SMILES string of the molecule is CC(C)[C@@H]1[C@H](O)C(C)(C)C(=O)N1c1ccc(C#N)c(Cl)c1. The Hall–Kier alpha value is -1.57. The van der Waals surface area contributed by atoms with Crippen LogP contribution in [0.5, 0.6) is 0 Å². The van der Waals surface area contributed by atoms with E-state index in [0.29, 0.717) is 16.3 Å². The van der Waals surface area contributed by atoms with Crippen molar-refractivity contribution in [2.24, 2.45) is 11.3 Å². The van der Waals surface area contributed by atoms with Gasteiger partial charge < -0.3 is 10.0 Å².